The van der Waals surface area contributed by atoms with Crippen molar-refractivity contribution in [3.05, 3.63) is 77.9 Å². The van der Waals surface area contributed by atoms with Gasteiger partial charge in [0.1, 0.15) is 11.8 Å². The first-order valence-electron chi connectivity index (χ1n) is 12.6. The van der Waals surface area contributed by atoms with E-state index in [0.29, 0.717) is 25.0 Å². The Morgan fingerprint density at radius 3 is 2.27 bits per heavy atom. The Bertz CT molecular complexity index is 1150. The number of nitrogens with one attached hydrogen (secondary N) is 1. The van der Waals surface area contributed by atoms with Crippen molar-refractivity contribution < 1.29 is 23.9 Å². The van der Waals surface area contributed by atoms with Gasteiger partial charge in [0.25, 0.3) is 0 Å². The van der Waals surface area contributed by atoms with Crippen LogP contribution in [-0.2, 0) is 32.1 Å². The van der Waals surface area contributed by atoms with E-state index in [1.807, 2.05) is 66.7 Å². The second-order valence-corrected chi connectivity index (χ2v) is 9.43. The molecule has 2 aromatic carbocycles. The number of rotatable bonds is 10. The van der Waals surface area contributed by atoms with Crippen molar-refractivity contribution in [3.63, 3.8) is 0 Å². The fourth-order valence-electron chi connectivity index (χ4n) is 5.13. The quantitative estimate of drug-likeness (QED) is 0.397. The molecule has 194 valence electrons. The number of hydrogen-bond acceptors (Lipinski definition) is 5. The van der Waals surface area contributed by atoms with Crippen LogP contribution in [0.1, 0.15) is 30.4 Å². The zero-order chi connectivity index (χ0) is 26.4. The summed E-state index contributed by atoms with van der Waals surface area (Å²) in [6.45, 7) is 0.182. The fraction of sp³-hybridized carbons (Fsp3) is 0.379. The minimum atomic E-state index is -0.775. The number of hydrogen-bond donors (Lipinski definition) is 1. The molecule has 1 saturated heterocycles. The van der Waals surface area contributed by atoms with E-state index in [4.69, 9.17) is 4.74 Å². The Hall–Kier alpha value is -3.94. The van der Waals surface area contributed by atoms with Crippen LogP contribution in [0.2, 0.25) is 0 Å². The first-order chi connectivity index (χ1) is 17.9. The number of methoxy groups -OCH3 is 1. The Kier molecular flexibility index (Phi) is 8.38. The summed E-state index contributed by atoms with van der Waals surface area (Å²) in [5, 5.41) is 2.69. The van der Waals surface area contributed by atoms with Gasteiger partial charge in [-0.3, -0.25) is 24.1 Å². The van der Waals surface area contributed by atoms with Gasteiger partial charge in [-0.1, -0.05) is 54.6 Å². The molecule has 8 heteroatoms. The number of nitrogens with zero attached hydrogens (tertiary/aromatic N) is 2. The monoisotopic (exact) mass is 503 g/mol. The smallest absolute Gasteiger partial charge is 0.242 e. The zero-order valence-electron chi connectivity index (χ0n) is 21.3. The molecule has 2 aliphatic rings. The lowest BCUT2D eigenvalue weighted by atomic mass is 9.85. The van der Waals surface area contributed by atoms with E-state index in [9.17, 15) is 19.2 Å². The van der Waals surface area contributed by atoms with Gasteiger partial charge in [0, 0.05) is 33.0 Å². The normalized spacial score (nSPS) is 19.4. The van der Waals surface area contributed by atoms with Crippen molar-refractivity contribution in [2.24, 2.45) is 11.8 Å². The molecule has 0 aromatic heterocycles. The number of amides is 4. The molecular weight excluding hydrogens is 470 g/mol. The minimum Gasteiger partial charge on any atom is -0.497 e. The minimum absolute atomic E-state index is 0.00388. The van der Waals surface area contributed by atoms with E-state index < -0.39 is 6.04 Å². The second-order valence-electron chi connectivity index (χ2n) is 9.43. The molecule has 2 aromatic rings. The van der Waals surface area contributed by atoms with Gasteiger partial charge in [-0.25, -0.2) is 0 Å². The maximum absolute atomic E-state index is 13.7. The van der Waals surface area contributed by atoms with Crippen molar-refractivity contribution in [1.82, 2.24) is 15.1 Å². The molecular formula is C29H33N3O5. The van der Waals surface area contributed by atoms with Crippen molar-refractivity contribution in [1.29, 1.82) is 0 Å². The lowest BCUT2D eigenvalue weighted by molar-refractivity contribution is -0.144. The molecule has 1 heterocycles. The molecule has 4 amide bonds. The summed E-state index contributed by atoms with van der Waals surface area (Å²) in [6, 6.07) is 16.1. The van der Waals surface area contributed by atoms with Gasteiger partial charge < -0.3 is 15.0 Å². The molecule has 1 N–H and O–H groups in total. The molecule has 8 nitrogen and oxygen atoms in total. The molecule has 0 radical (unpaired) electrons. The lowest BCUT2D eigenvalue weighted by Crippen LogP contribution is -2.50. The van der Waals surface area contributed by atoms with Crippen LogP contribution < -0.4 is 10.1 Å². The molecule has 1 aliphatic carbocycles. The number of carbonyl (C=O) groups excluding carboxylic acids is 4. The number of ether oxygens (including phenoxy) is 1. The second kappa shape index (κ2) is 11.9. The average molecular weight is 504 g/mol. The van der Waals surface area contributed by atoms with Gasteiger partial charge in [-0.2, -0.15) is 0 Å². The van der Waals surface area contributed by atoms with Gasteiger partial charge in [0.05, 0.1) is 18.9 Å². The van der Waals surface area contributed by atoms with Gasteiger partial charge >= 0.3 is 0 Å². The van der Waals surface area contributed by atoms with Gasteiger partial charge in [-0.15, -0.1) is 0 Å². The van der Waals surface area contributed by atoms with E-state index in [-0.39, 0.29) is 55.0 Å². The van der Waals surface area contributed by atoms with E-state index in [1.54, 1.807) is 19.1 Å². The summed E-state index contributed by atoms with van der Waals surface area (Å²) in [4.78, 5) is 55.3. The Morgan fingerprint density at radius 2 is 1.65 bits per heavy atom. The van der Waals surface area contributed by atoms with Crippen molar-refractivity contribution >= 4 is 23.6 Å². The van der Waals surface area contributed by atoms with E-state index in [0.717, 1.165) is 11.1 Å². The molecule has 37 heavy (non-hydrogen) atoms. The summed E-state index contributed by atoms with van der Waals surface area (Å²) in [6.07, 6.45) is 5.25. The van der Waals surface area contributed by atoms with Crippen LogP contribution in [0.3, 0.4) is 0 Å². The molecule has 0 saturated carbocycles. The predicted octanol–water partition coefficient (Wildman–Crippen LogP) is 2.72. The highest BCUT2D eigenvalue weighted by Gasteiger charge is 2.47. The fourth-order valence-corrected chi connectivity index (χ4v) is 5.13. The van der Waals surface area contributed by atoms with Crippen LogP contribution in [0, 0.1) is 11.8 Å². The summed E-state index contributed by atoms with van der Waals surface area (Å²) < 4.78 is 5.34. The molecule has 3 atom stereocenters. The topological polar surface area (TPSA) is 96.0 Å². The number of imide groups is 1. The van der Waals surface area contributed by atoms with Crippen LogP contribution in [0.25, 0.3) is 0 Å². The van der Waals surface area contributed by atoms with Crippen LogP contribution in [0.15, 0.2) is 66.7 Å². The van der Waals surface area contributed by atoms with Gasteiger partial charge in [0.2, 0.25) is 23.6 Å². The summed E-state index contributed by atoms with van der Waals surface area (Å²) in [7, 11) is 3.12. The third-order valence-corrected chi connectivity index (χ3v) is 7.15. The number of fused-ring (bicyclic) bond motifs is 1. The molecule has 0 spiro atoms. The predicted molar refractivity (Wildman–Crippen MR) is 138 cm³/mol. The number of likely N-dealkylation sites (tertiary alicyclic amines) is 1. The maximum Gasteiger partial charge on any atom is 0.242 e. The average Bonchev–Trinajstić information content (AvgIpc) is 3.18. The number of allylic oxidation sites excluding steroid dienone is 2. The number of likely N-dealkylation sites (N-methyl/N-ethyl adjacent to an activating group) is 1. The molecule has 4 rings (SSSR count). The first-order valence-corrected chi connectivity index (χ1v) is 12.6. The highest BCUT2D eigenvalue weighted by Crippen LogP contribution is 2.35. The van der Waals surface area contributed by atoms with Crippen LogP contribution >= 0.6 is 0 Å². The van der Waals surface area contributed by atoms with E-state index >= 15 is 0 Å². The Balaban J connectivity index is 1.57. The summed E-state index contributed by atoms with van der Waals surface area (Å²) >= 11 is 0. The third kappa shape index (κ3) is 5.90. The largest absolute Gasteiger partial charge is 0.497 e. The van der Waals surface area contributed by atoms with E-state index in [2.05, 4.69) is 5.32 Å². The first kappa shape index (κ1) is 26.1. The summed E-state index contributed by atoms with van der Waals surface area (Å²) in [5.74, 6) is -1.04. The molecule has 1 fully saturated rings. The number of benzene rings is 2. The third-order valence-electron chi connectivity index (χ3n) is 7.15. The van der Waals surface area contributed by atoms with Crippen LogP contribution in [0.5, 0.6) is 5.75 Å². The van der Waals surface area contributed by atoms with Crippen LogP contribution in [-0.4, -0.2) is 60.2 Å². The molecule has 1 unspecified atom stereocenters. The summed E-state index contributed by atoms with van der Waals surface area (Å²) in [5.41, 5.74) is 1.72. The zero-order valence-corrected chi connectivity index (χ0v) is 21.3. The Labute approximate surface area is 217 Å². The highest BCUT2D eigenvalue weighted by atomic mass is 16.5. The maximum atomic E-state index is 13.7. The van der Waals surface area contributed by atoms with Crippen LogP contribution in [0.4, 0.5) is 0 Å². The lowest BCUT2D eigenvalue weighted by Gasteiger charge is -2.31. The van der Waals surface area contributed by atoms with E-state index in [1.165, 1.54) is 4.90 Å². The highest BCUT2D eigenvalue weighted by molar-refractivity contribution is 6.05. The van der Waals surface area contributed by atoms with Gasteiger partial charge in [-0.05, 0) is 36.1 Å². The number of carbonyl (C=O) groups is 4. The van der Waals surface area contributed by atoms with Gasteiger partial charge in [0.15, 0.2) is 0 Å². The SMILES string of the molecule is CNC(=O)C(Cc1ccccc1)N(Cc1cccc(OC)c1)C(=O)CCN1C(=O)[C@H]2CC=CC[C@H]2C1=O. The van der Waals surface area contributed by atoms with Crippen molar-refractivity contribution in [2.45, 2.75) is 38.3 Å². The molecule has 1 aliphatic heterocycles. The molecule has 0 bridgehead atoms. The van der Waals surface area contributed by atoms with Crippen molar-refractivity contribution in [2.75, 3.05) is 20.7 Å². The van der Waals surface area contributed by atoms with Crippen molar-refractivity contribution in [3.8, 4) is 5.75 Å². The Morgan fingerprint density at radius 1 is 1.00 bits per heavy atom. The standard InChI is InChI=1S/C29H33N3O5/c1-30-27(34)25(18-20-9-4-3-5-10-20)32(19-21-11-8-12-22(17-21)37-2)26(33)15-16-31-28(35)23-13-6-7-14-24(23)29(31)36/h3-12,17,23-25H,13-16,18-19H2,1-2H3,(H,30,34)/t23-,24+,25?.